The number of fused-ring (bicyclic) bond motifs is 7. The highest BCUT2D eigenvalue weighted by Crippen LogP contribution is 2.21. The van der Waals surface area contributed by atoms with E-state index in [1.54, 1.807) is 0 Å². The molecule has 1 amide bonds. The van der Waals surface area contributed by atoms with E-state index in [1.807, 2.05) is 30.6 Å². The normalized spacial score (nSPS) is 14.3. The molecule has 0 saturated carbocycles. The van der Waals surface area contributed by atoms with E-state index in [0.717, 1.165) is 34.1 Å². The fourth-order valence-electron chi connectivity index (χ4n) is 3.65. The van der Waals surface area contributed by atoms with Crippen LogP contribution in [0.25, 0.3) is 34.2 Å². The molecule has 0 bridgehead atoms. The van der Waals surface area contributed by atoms with Crippen LogP contribution in [0, 0.1) is 0 Å². The molecule has 1 aliphatic carbocycles. The molecular formula is C19H13N3O. The summed E-state index contributed by atoms with van der Waals surface area (Å²) in [6, 6.07) is 8.32. The maximum absolute atomic E-state index is 11.6. The molecule has 2 heterocycles. The summed E-state index contributed by atoms with van der Waals surface area (Å²) in [4.78, 5) is 15.9. The molecule has 0 saturated heterocycles. The smallest absolute Gasteiger partial charge is 0.249 e. The van der Waals surface area contributed by atoms with E-state index in [-0.39, 0.29) is 5.91 Å². The number of hydrogen-bond donors (Lipinski definition) is 1. The van der Waals surface area contributed by atoms with Crippen LogP contribution in [0.3, 0.4) is 0 Å². The Hall–Kier alpha value is -3.14. The average Bonchev–Trinajstić information content (AvgIpc) is 3.20. The lowest BCUT2D eigenvalue weighted by Crippen LogP contribution is -2.22. The van der Waals surface area contributed by atoms with Gasteiger partial charge in [0.25, 0.3) is 0 Å². The lowest BCUT2D eigenvalue weighted by atomic mass is 9.98. The molecule has 2 aliphatic rings. The fraction of sp³-hybridized carbons (Fsp3) is 0.0526. The first-order chi connectivity index (χ1) is 11.2. The summed E-state index contributed by atoms with van der Waals surface area (Å²) in [5.41, 5.74) is 8.12. The minimum Gasteiger partial charge on any atom is -0.366 e. The van der Waals surface area contributed by atoms with Crippen LogP contribution in [-0.2, 0) is 11.2 Å². The number of nitrogens with zero attached hydrogens (tertiary/aromatic N) is 2. The van der Waals surface area contributed by atoms with E-state index in [4.69, 9.17) is 5.73 Å². The quantitative estimate of drug-likeness (QED) is 0.729. The second kappa shape index (κ2) is 4.20. The third-order valence-electron chi connectivity index (χ3n) is 4.70. The average molecular weight is 299 g/mol. The Balaban J connectivity index is 1.85. The summed E-state index contributed by atoms with van der Waals surface area (Å²) in [5.74, 6) is 0.675. The zero-order valence-electron chi connectivity index (χ0n) is 12.3. The number of nitrogens with two attached hydrogens (primary N) is 1. The molecule has 0 atom stereocenters. The predicted octanol–water partition coefficient (Wildman–Crippen LogP) is 1.02. The van der Waals surface area contributed by atoms with E-state index < -0.39 is 0 Å². The molecular weight excluding hydrogens is 286 g/mol. The van der Waals surface area contributed by atoms with Crippen LogP contribution in [0.4, 0.5) is 0 Å². The van der Waals surface area contributed by atoms with Gasteiger partial charge < -0.3 is 10.3 Å². The summed E-state index contributed by atoms with van der Waals surface area (Å²) >= 11 is 0. The van der Waals surface area contributed by atoms with Crippen molar-refractivity contribution in [1.29, 1.82) is 0 Å². The van der Waals surface area contributed by atoms with Crippen molar-refractivity contribution in [2.45, 2.75) is 6.42 Å². The molecule has 0 unspecified atom stereocenters. The van der Waals surface area contributed by atoms with Crippen molar-refractivity contribution in [3.63, 3.8) is 0 Å². The molecule has 3 aromatic rings. The topological polar surface area (TPSA) is 60.9 Å². The predicted molar refractivity (Wildman–Crippen MR) is 90.1 cm³/mol. The lowest BCUT2D eigenvalue weighted by molar-refractivity contribution is -0.112. The third kappa shape index (κ3) is 1.55. The molecule has 23 heavy (non-hydrogen) atoms. The molecule has 110 valence electrons. The summed E-state index contributed by atoms with van der Waals surface area (Å²) < 4.78 is 2.14. The molecule has 0 spiro atoms. The number of carbonyl (C=O) groups excluding carboxylic acids is 1. The number of allylic oxidation sites excluding steroid dienone is 1. The van der Waals surface area contributed by atoms with E-state index in [9.17, 15) is 4.79 Å². The van der Waals surface area contributed by atoms with Gasteiger partial charge in [-0.1, -0.05) is 30.4 Å². The van der Waals surface area contributed by atoms with Crippen molar-refractivity contribution in [3.05, 3.63) is 64.6 Å². The minimum atomic E-state index is -0.382. The Morgan fingerprint density at radius 1 is 1.09 bits per heavy atom. The monoisotopic (exact) mass is 299 g/mol. The summed E-state index contributed by atoms with van der Waals surface area (Å²) in [6.45, 7) is 0. The zero-order valence-corrected chi connectivity index (χ0v) is 12.3. The largest absolute Gasteiger partial charge is 0.366 e. The SMILES string of the molecule is NC(=O)C1=CC=c2c1ccc1c3c(ccc21)-n1ccnc1CC=3. The first-order valence-electron chi connectivity index (χ1n) is 7.55. The molecule has 5 rings (SSSR count). The summed E-state index contributed by atoms with van der Waals surface area (Å²) in [7, 11) is 0. The highest BCUT2D eigenvalue weighted by molar-refractivity contribution is 6.22. The molecule has 2 N–H and O–H groups in total. The first kappa shape index (κ1) is 12.4. The van der Waals surface area contributed by atoms with Gasteiger partial charge in [0.05, 0.1) is 5.69 Å². The van der Waals surface area contributed by atoms with E-state index >= 15 is 0 Å². The Labute approximate surface area is 131 Å². The van der Waals surface area contributed by atoms with Crippen molar-refractivity contribution in [1.82, 2.24) is 9.55 Å². The molecule has 1 aliphatic heterocycles. The van der Waals surface area contributed by atoms with Gasteiger partial charge in [0, 0.05) is 29.6 Å². The van der Waals surface area contributed by atoms with Crippen LogP contribution in [-0.4, -0.2) is 15.5 Å². The number of carbonyl (C=O) groups is 1. The minimum absolute atomic E-state index is 0.382. The standard InChI is InChI=1S/C19H13N3O/c20-19(23)16-4-3-11-12-5-7-17-15(13(12)1-2-14(11)16)6-8-18-21-9-10-22(17)18/h1-7,9-10H,8H2,(H2,20,23). The number of aromatic nitrogens is 2. The number of rotatable bonds is 1. The Morgan fingerprint density at radius 3 is 2.78 bits per heavy atom. The highest BCUT2D eigenvalue weighted by Gasteiger charge is 2.17. The fourth-order valence-corrected chi connectivity index (χ4v) is 3.65. The van der Waals surface area contributed by atoms with Gasteiger partial charge in [-0.25, -0.2) is 4.98 Å². The molecule has 2 aromatic carbocycles. The van der Waals surface area contributed by atoms with Crippen molar-refractivity contribution >= 4 is 34.4 Å². The van der Waals surface area contributed by atoms with E-state index in [2.05, 4.69) is 33.8 Å². The maximum Gasteiger partial charge on any atom is 0.249 e. The molecule has 0 fully saturated rings. The van der Waals surface area contributed by atoms with Crippen LogP contribution in [0.5, 0.6) is 0 Å². The van der Waals surface area contributed by atoms with Crippen LogP contribution < -0.4 is 16.2 Å². The third-order valence-corrected chi connectivity index (χ3v) is 4.70. The lowest BCUT2D eigenvalue weighted by Gasteiger charge is -2.15. The summed E-state index contributed by atoms with van der Waals surface area (Å²) in [5, 5.41) is 4.63. The van der Waals surface area contributed by atoms with Crippen LogP contribution >= 0.6 is 0 Å². The zero-order chi connectivity index (χ0) is 15.6. The highest BCUT2D eigenvalue weighted by atomic mass is 16.1. The molecule has 1 aromatic heterocycles. The molecule has 4 heteroatoms. The number of hydrogen-bond acceptors (Lipinski definition) is 2. The number of imidazole rings is 1. The van der Waals surface area contributed by atoms with E-state index in [1.165, 1.54) is 10.6 Å². The second-order valence-corrected chi connectivity index (χ2v) is 5.85. The van der Waals surface area contributed by atoms with Gasteiger partial charge in [-0.15, -0.1) is 0 Å². The Morgan fingerprint density at radius 2 is 1.91 bits per heavy atom. The van der Waals surface area contributed by atoms with Crippen LogP contribution in [0.15, 0.2) is 42.7 Å². The number of amides is 1. The Kier molecular flexibility index (Phi) is 2.26. The van der Waals surface area contributed by atoms with Gasteiger partial charge >= 0.3 is 0 Å². The van der Waals surface area contributed by atoms with Crippen LogP contribution in [0.2, 0.25) is 0 Å². The van der Waals surface area contributed by atoms with Crippen molar-refractivity contribution in [3.8, 4) is 5.69 Å². The van der Waals surface area contributed by atoms with Gasteiger partial charge in [0.2, 0.25) is 5.91 Å². The van der Waals surface area contributed by atoms with Gasteiger partial charge in [-0.05, 0) is 33.7 Å². The number of primary amides is 1. The molecule has 4 nitrogen and oxygen atoms in total. The molecule has 0 radical (unpaired) electrons. The van der Waals surface area contributed by atoms with Crippen molar-refractivity contribution < 1.29 is 4.79 Å². The Bertz CT molecular complexity index is 1170. The van der Waals surface area contributed by atoms with Gasteiger partial charge in [-0.3, -0.25) is 4.79 Å². The van der Waals surface area contributed by atoms with Gasteiger partial charge in [0.1, 0.15) is 5.82 Å². The van der Waals surface area contributed by atoms with Gasteiger partial charge in [0.15, 0.2) is 0 Å². The van der Waals surface area contributed by atoms with Crippen LogP contribution in [0.1, 0.15) is 11.4 Å². The first-order valence-corrected chi connectivity index (χ1v) is 7.55. The second-order valence-electron chi connectivity index (χ2n) is 5.85. The maximum atomic E-state index is 11.6. The van der Waals surface area contributed by atoms with Crippen molar-refractivity contribution in [2.24, 2.45) is 5.73 Å². The van der Waals surface area contributed by atoms with Gasteiger partial charge in [-0.2, -0.15) is 0 Å². The van der Waals surface area contributed by atoms with E-state index in [0.29, 0.717) is 5.57 Å². The summed E-state index contributed by atoms with van der Waals surface area (Å²) in [6.07, 6.45) is 10.7. The van der Waals surface area contributed by atoms with Crippen molar-refractivity contribution in [2.75, 3.05) is 0 Å². The number of benzene rings is 2.